The maximum atomic E-state index is 12.5. The average molecular weight is 468 g/mol. The molecule has 9 heteroatoms. The second kappa shape index (κ2) is 8.16. The highest BCUT2D eigenvalue weighted by molar-refractivity contribution is 9.10. The lowest BCUT2D eigenvalue weighted by molar-refractivity contribution is -0.127. The van der Waals surface area contributed by atoms with E-state index in [4.69, 9.17) is 11.6 Å². The quantitative estimate of drug-likeness (QED) is 0.647. The van der Waals surface area contributed by atoms with Crippen LogP contribution in [0.2, 0.25) is 5.02 Å². The number of anilines is 1. The first-order valence-corrected chi connectivity index (χ1v) is 9.61. The van der Waals surface area contributed by atoms with Crippen molar-refractivity contribution in [3.63, 3.8) is 0 Å². The predicted octanol–water partition coefficient (Wildman–Crippen LogP) is 4.48. The van der Waals surface area contributed by atoms with Crippen LogP contribution in [0.3, 0.4) is 0 Å². The molecule has 1 aliphatic rings. The number of imide groups is 1. The fourth-order valence-electron chi connectivity index (χ4n) is 2.31. The summed E-state index contributed by atoms with van der Waals surface area (Å²) in [6, 6.07) is 11.3. The second-order valence-corrected chi connectivity index (χ2v) is 7.82. The number of carbonyl (C=O) groups excluding carboxylic acids is 3. The van der Waals surface area contributed by atoms with Crippen molar-refractivity contribution in [1.82, 2.24) is 4.90 Å². The van der Waals surface area contributed by atoms with E-state index in [0.717, 1.165) is 16.7 Å². The summed E-state index contributed by atoms with van der Waals surface area (Å²) in [6.07, 6.45) is 1.53. The Hall–Kier alpha value is -2.29. The summed E-state index contributed by atoms with van der Waals surface area (Å²) < 4.78 is 0.469. The minimum absolute atomic E-state index is 0.0675. The van der Waals surface area contributed by atoms with Crippen molar-refractivity contribution in [2.24, 2.45) is 0 Å². The third-order valence-corrected chi connectivity index (χ3v) is 5.33. The summed E-state index contributed by atoms with van der Waals surface area (Å²) in [5.41, 5.74) is 1.11. The summed E-state index contributed by atoms with van der Waals surface area (Å²) >= 11 is 9.81. The number of hydrogen-bond donors (Lipinski definition) is 2. The van der Waals surface area contributed by atoms with Crippen molar-refractivity contribution in [1.29, 1.82) is 0 Å². The maximum absolute atomic E-state index is 12.5. The van der Waals surface area contributed by atoms with Crippen LogP contribution in [0.1, 0.15) is 5.56 Å². The number of thioether (sulfide) groups is 1. The normalized spacial score (nSPS) is 15.5. The zero-order valence-electron chi connectivity index (χ0n) is 13.6. The zero-order chi connectivity index (χ0) is 19.6. The van der Waals surface area contributed by atoms with E-state index in [1.54, 1.807) is 36.4 Å². The van der Waals surface area contributed by atoms with Crippen LogP contribution in [-0.4, -0.2) is 33.6 Å². The Kier molecular flexibility index (Phi) is 5.88. The van der Waals surface area contributed by atoms with E-state index in [9.17, 15) is 19.5 Å². The number of hydrogen-bond acceptors (Lipinski definition) is 5. The monoisotopic (exact) mass is 466 g/mol. The van der Waals surface area contributed by atoms with Crippen molar-refractivity contribution < 1.29 is 19.5 Å². The molecule has 0 aliphatic carbocycles. The van der Waals surface area contributed by atoms with E-state index in [0.29, 0.717) is 20.7 Å². The van der Waals surface area contributed by atoms with Gasteiger partial charge in [0, 0.05) is 10.7 Å². The van der Waals surface area contributed by atoms with Crippen LogP contribution in [0.25, 0.3) is 6.08 Å². The SMILES string of the molecule is O=C(CN1C(=O)S/C(=C/c2ccc(O)c(Br)c2)C1=O)Nc1cccc(Cl)c1. The van der Waals surface area contributed by atoms with Crippen LogP contribution in [0.4, 0.5) is 10.5 Å². The summed E-state index contributed by atoms with van der Waals surface area (Å²) in [4.78, 5) is 37.8. The van der Waals surface area contributed by atoms with Gasteiger partial charge in [-0.25, -0.2) is 0 Å². The Morgan fingerprint density at radius 2 is 2.04 bits per heavy atom. The van der Waals surface area contributed by atoms with Crippen molar-refractivity contribution >= 4 is 68.1 Å². The molecular weight excluding hydrogens is 456 g/mol. The molecule has 27 heavy (non-hydrogen) atoms. The average Bonchev–Trinajstić information content (AvgIpc) is 2.85. The fraction of sp³-hybridized carbons (Fsp3) is 0.0556. The molecule has 0 aromatic heterocycles. The van der Waals surface area contributed by atoms with Crippen LogP contribution >= 0.6 is 39.3 Å². The van der Waals surface area contributed by atoms with E-state index < -0.39 is 23.6 Å². The molecule has 3 rings (SSSR count). The lowest BCUT2D eigenvalue weighted by Gasteiger charge is -2.12. The number of phenols is 1. The first-order valence-electron chi connectivity index (χ1n) is 7.63. The second-order valence-electron chi connectivity index (χ2n) is 5.54. The van der Waals surface area contributed by atoms with Gasteiger partial charge in [-0.05, 0) is 69.7 Å². The molecule has 1 heterocycles. The molecule has 3 amide bonds. The lowest BCUT2D eigenvalue weighted by atomic mass is 10.2. The van der Waals surface area contributed by atoms with Crippen LogP contribution in [0.15, 0.2) is 51.8 Å². The number of rotatable bonds is 4. The molecule has 1 fully saturated rings. The first kappa shape index (κ1) is 19.5. The molecule has 1 aliphatic heterocycles. The van der Waals surface area contributed by atoms with Gasteiger partial charge in [-0.15, -0.1) is 0 Å². The molecule has 6 nitrogen and oxygen atoms in total. The van der Waals surface area contributed by atoms with Crippen LogP contribution in [0, 0.1) is 0 Å². The maximum Gasteiger partial charge on any atom is 0.294 e. The van der Waals surface area contributed by atoms with Crippen molar-refractivity contribution in [3.05, 3.63) is 62.4 Å². The van der Waals surface area contributed by atoms with Crippen molar-refractivity contribution in [3.8, 4) is 5.75 Å². The third-order valence-electron chi connectivity index (χ3n) is 3.55. The summed E-state index contributed by atoms with van der Waals surface area (Å²) in [5, 5.41) is 12.1. The molecule has 0 spiro atoms. The van der Waals surface area contributed by atoms with Gasteiger partial charge < -0.3 is 10.4 Å². The highest BCUT2D eigenvalue weighted by atomic mass is 79.9. The van der Waals surface area contributed by atoms with Gasteiger partial charge in [0.25, 0.3) is 11.1 Å². The minimum atomic E-state index is -0.546. The van der Waals surface area contributed by atoms with Crippen LogP contribution in [-0.2, 0) is 9.59 Å². The van der Waals surface area contributed by atoms with Gasteiger partial charge in [0.1, 0.15) is 12.3 Å². The number of nitrogens with zero attached hydrogens (tertiary/aromatic N) is 1. The number of amides is 3. The smallest absolute Gasteiger partial charge is 0.294 e. The number of aromatic hydroxyl groups is 1. The van der Waals surface area contributed by atoms with Crippen molar-refractivity contribution in [2.75, 3.05) is 11.9 Å². The summed E-state index contributed by atoms with van der Waals surface area (Å²) in [6.45, 7) is -0.395. The Labute approximate surface area is 172 Å². The predicted molar refractivity (Wildman–Crippen MR) is 109 cm³/mol. The molecular formula is C18H12BrClN2O4S. The molecule has 0 unspecified atom stereocenters. The molecule has 0 atom stereocenters. The van der Waals surface area contributed by atoms with Crippen LogP contribution in [0.5, 0.6) is 5.75 Å². The number of nitrogens with one attached hydrogen (secondary N) is 1. The van der Waals surface area contributed by atoms with Crippen LogP contribution < -0.4 is 5.32 Å². The molecule has 0 radical (unpaired) electrons. The number of carbonyl (C=O) groups is 3. The van der Waals surface area contributed by atoms with E-state index in [1.807, 2.05) is 0 Å². The van der Waals surface area contributed by atoms with Crippen molar-refractivity contribution in [2.45, 2.75) is 0 Å². The lowest BCUT2D eigenvalue weighted by Crippen LogP contribution is -2.36. The fourth-order valence-corrected chi connectivity index (χ4v) is 3.74. The molecule has 2 aromatic carbocycles. The number of benzene rings is 2. The summed E-state index contributed by atoms with van der Waals surface area (Å²) in [5.74, 6) is -0.985. The molecule has 0 bridgehead atoms. The first-order chi connectivity index (χ1) is 12.8. The Morgan fingerprint density at radius 1 is 1.26 bits per heavy atom. The Morgan fingerprint density at radius 3 is 2.74 bits per heavy atom. The van der Waals surface area contributed by atoms with Gasteiger partial charge in [0.15, 0.2) is 0 Å². The Balaban J connectivity index is 1.71. The van der Waals surface area contributed by atoms with Gasteiger partial charge in [-0.2, -0.15) is 0 Å². The Bertz CT molecular complexity index is 980. The standard InChI is InChI=1S/C18H12BrClN2O4S/c19-13-6-10(4-5-14(13)23)7-15-17(25)22(18(26)27-15)9-16(24)21-12-3-1-2-11(20)8-12/h1-8,23H,9H2,(H,21,24)/b15-7+. The van der Waals surface area contributed by atoms with Gasteiger partial charge >= 0.3 is 0 Å². The van der Waals surface area contributed by atoms with Gasteiger partial charge in [-0.1, -0.05) is 23.7 Å². The van der Waals surface area contributed by atoms with Gasteiger partial charge in [-0.3, -0.25) is 19.3 Å². The van der Waals surface area contributed by atoms with Gasteiger partial charge in [0.05, 0.1) is 9.38 Å². The highest BCUT2D eigenvalue weighted by Crippen LogP contribution is 2.33. The number of halogens is 2. The summed E-state index contributed by atoms with van der Waals surface area (Å²) in [7, 11) is 0. The minimum Gasteiger partial charge on any atom is -0.507 e. The molecule has 138 valence electrons. The number of phenolic OH excluding ortho intramolecular Hbond substituents is 1. The van der Waals surface area contributed by atoms with E-state index in [2.05, 4.69) is 21.2 Å². The molecule has 2 aromatic rings. The molecule has 2 N–H and O–H groups in total. The molecule has 1 saturated heterocycles. The third kappa shape index (κ3) is 4.71. The topological polar surface area (TPSA) is 86.7 Å². The zero-order valence-corrected chi connectivity index (χ0v) is 16.8. The van der Waals surface area contributed by atoms with E-state index >= 15 is 0 Å². The largest absolute Gasteiger partial charge is 0.507 e. The highest BCUT2D eigenvalue weighted by Gasteiger charge is 2.36. The molecule has 0 saturated carbocycles. The van der Waals surface area contributed by atoms with E-state index in [-0.39, 0.29) is 10.7 Å². The van der Waals surface area contributed by atoms with Gasteiger partial charge in [0.2, 0.25) is 5.91 Å². The van der Waals surface area contributed by atoms with E-state index in [1.165, 1.54) is 12.1 Å².